The van der Waals surface area contributed by atoms with Gasteiger partial charge in [0.2, 0.25) is 0 Å². The second kappa shape index (κ2) is 18.4. The highest BCUT2D eigenvalue weighted by molar-refractivity contribution is 7.90. The van der Waals surface area contributed by atoms with E-state index < -0.39 is 25.7 Å². The van der Waals surface area contributed by atoms with Crippen molar-refractivity contribution in [1.29, 1.82) is 0 Å². The Labute approximate surface area is 385 Å². The van der Waals surface area contributed by atoms with Gasteiger partial charge in [-0.1, -0.05) is 75.8 Å². The van der Waals surface area contributed by atoms with Gasteiger partial charge in [0.15, 0.2) is 0 Å². The number of sulfonamides is 1. The molecule has 1 amide bonds. The Bertz CT molecular complexity index is 2740. The molecule has 1 atom stereocenters. The van der Waals surface area contributed by atoms with Crippen LogP contribution in [0, 0.1) is 33.3 Å². The molecule has 0 unspecified atom stereocenters. The van der Waals surface area contributed by atoms with Gasteiger partial charge in [0.25, 0.3) is 21.6 Å². The number of nitro groups is 1. The number of carbonyl (C=O) groups excluding carboxylic acids is 1. The second-order valence-electron chi connectivity index (χ2n) is 19.4. The number of nitrogens with zero attached hydrogens (tertiary/aromatic N) is 4. The summed E-state index contributed by atoms with van der Waals surface area (Å²) in [6, 6.07) is 19.3. The van der Waals surface area contributed by atoms with Gasteiger partial charge in [-0.25, -0.2) is 18.1 Å². The molecule has 15 heteroatoms. The van der Waals surface area contributed by atoms with Gasteiger partial charge in [-0.2, -0.15) is 0 Å². The zero-order valence-electron chi connectivity index (χ0n) is 37.3. The van der Waals surface area contributed by atoms with E-state index in [-0.39, 0.29) is 34.1 Å². The highest BCUT2D eigenvalue weighted by Crippen LogP contribution is 2.44. The number of carbonyl (C=O) groups is 1. The van der Waals surface area contributed by atoms with Gasteiger partial charge in [0, 0.05) is 73.2 Å². The molecule has 3 aromatic carbocycles. The Morgan fingerprint density at radius 3 is 2.54 bits per heavy atom. The van der Waals surface area contributed by atoms with E-state index in [9.17, 15) is 23.3 Å². The second-order valence-corrected chi connectivity index (χ2v) is 21.5. The first-order valence-electron chi connectivity index (χ1n) is 22.9. The zero-order valence-corrected chi connectivity index (χ0v) is 38.8. The van der Waals surface area contributed by atoms with E-state index in [1.54, 1.807) is 30.5 Å². The fraction of sp³-hybridized carbons (Fsp3) is 0.440. The summed E-state index contributed by atoms with van der Waals surface area (Å²) in [5.41, 5.74) is 5.84. The smallest absolute Gasteiger partial charge is 0.277 e. The number of allylic oxidation sites excluding steroid dienone is 1. The molecule has 5 aromatic rings. The van der Waals surface area contributed by atoms with Gasteiger partial charge in [0.05, 0.1) is 33.7 Å². The summed E-state index contributed by atoms with van der Waals surface area (Å²) in [4.78, 5) is 37.7. The highest BCUT2D eigenvalue weighted by Gasteiger charge is 2.34. The molecular formula is C50H57ClN6O7S. The first-order valence-corrected chi connectivity index (χ1v) is 24.7. The predicted molar refractivity (Wildman–Crippen MR) is 253 cm³/mol. The number of rotatable bonds is 12. The van der Waals surface area contributed by atoms with Crippen LogP contribution in [0.2, 0.25) is 5.02 Å². The largest absolute Gasteiger partial charge is 0.493 e. The molecule has 2 aromatic heterocycles. The molecule has 0 spiro atoms. The fourth-order valence-corrected chi connectivity index (χ4v) is 11.3. The molecule has 2 fully saturated rings. The molecule has 0 bridgehead atoms. The van der Waals surface area contributed by atoms with Gasteiger partial charge in [-0.15, -0.1) is 0 Å². The number of nitrogens with one attached hydrogen (secondary N) is 2. The number of aromatic amines is 1. The summed E-state index contributed by atoms with van der Waals surface area (Å²) in [6.07, 6.45) is 12.5. The lowest BCUT2D eigenvalue weighted by Crippen LogP contribution is -2.47. The van der Waals surface area contributed by atoms with E-state index >= 15 is 0 Å². The number of aromatic nitrogens is 2. The molecule has 13 nitrogen and oxygen atoms in total. The molecule has 342 valence electrons. The van der Waals surface area contributed by atoms with E-state index in [1.165, 1.54) is 41.8 Å². The molecule has 9 rings (SSSR count). The maximum Gasteiger partial charge on any atom is 0.277 e. The van der Waals surface area contributed by atoms with Crippen LogP contribution in [0.15, 0.2) is 89.6 Å². The average molecular weight is 922 g/mol. The molecule has 65 heavy (non-hydrogen) atoms. The number of amides is 1. The minimum atomic E-state index is -4.61. The lowest BCUT2D eigenvalue weighted by atomic mass is 9.72. The molecule has 0 radical (unpaired) electrons. The van der Waals surface area contributed by atoms with Gasteiger partial charge in [0.1, 0.15) is 22.9 Å². The maximum absolute atomic E-state index is 14.1. The summed E-state index contributed by atoms with van der Waals surface area (Å²) in [7, 11) is -4.61. The van der Waals surface area contributed by atoms with Crippen molar-refractivity contribution in [3.63, 3.8) is 0 Å². The van der Waals surface area contributed by atoms with E-state index in [1.807, 2.05) is 18.2 Å². The summed E-state index contributed by atoms with van der Waals surface area (Å²) >= 11 is 6.25. The van der Waals surface area contributed by atoms with Crippen molar-refractivity contribution >= 4 is 55.5 Å². The summed E-state index contributed by atoms with van der Waals surface area (Å²) < 4.78 is 42.5. The Morgan fingerprint density at radius 1 is 1.02 bits per heavy atom. The van der Waals surface area contributed by atoms with Crippen LogP contribution in [0.1, 0.15) is 93.6 Å². The number of ether oxygens (including phenoxy) is 2. The molecule has 2 aliphatic carbocycles. The van der Waals surface area contributed by atoms with Crippen molar-refractivity contribution in [1.82, 2.24) is 19.6 Å². The molecule has 2 N–H and O–H groups in total. The number of anilines is 1. The Balaban J connectivity index is 0.933. The first-order chi connectivity index (χ1) is 31.2. The Kier molecular flexibility index (Phi) is 12.7. The number of piperazine rings is 1. The van der Waals surface area contributed by atoms with Crippen LogP contribution in [0.5, 0.6) is 17.2 Å². The summed E-state index contributed by atoms with van der Waals surface area (Å²) in [5.74, 6) is 1.07. The standard InChI is InChI=1S/C50H57ClN6O7S/c1-32-4-6-33(7-5-32)22-34-23-43-45(57(59)60)26-41(27-46(43)63-31-34)65(61,62)54-49(58)42-13-12-39(25-47(42)64-40-24-36-15-17-52-48(36)53-29-40)56-20-18-55(19-21-56)30-37-14-16-50(2,3)28-44(37)35-8-10-38(51)11-9-35/h8-13,15,17,24-27,29,32-34H,4-7,14,16,18-23,28,30-31H2,1-3H3,(H,52,53)(H,54,58)/t32?,33?,34-/m0/s1. The molecule has 1 saturated heterocycles. The quantitative estimate of drug-likeness (QED) is 0.0911. The fourth-order valence-electron chi connectivity index (χ4n) is 10.2. The Morgan fingerprint density at radius 2 is 1.78 bits per heavy atom. The van der Waals surface area contributed by atoms with Crippen LogP contribution < -0.4 is 19.1 Å². The van der Waals surface area contributed by atoms with E-state index in [0.29, 0.717) is 35.9 Å². The third-order valence-electron chi connectivity index (χ3n) is 14.0. The minimum absolute atomic E-state index is 0.0318. The summed E-state index contributed by atoms with van der Waals surface area (Å²) in [5, 5.41) is 13.9. The van der Waals surface area contributed by atoms with Crippen molar-refractivity contribution in [2.75, 3.05) is 44.2 Å². The minimum Gasteiger partial charge on any atom is -0.493 e. The number of pyridine rings is 1. The van der Waals surface area contributed by atoms with Crippen LogP contribution in [0.25, 0.3) is 16.6 Å². The van der Waals surface area contributed by atoms with Crippen molar-refractivity contribution < 1.29 is 27.6 Å². The average Bonchev–Trinajstić information content (AvgIpc) is 3.76. The van der Waals surface area contributed by atoms with Crippen LogP contribution in [-0.4, -0.2) is 73.4 Å². The molecule has 2 aliphatic heterocycles. The Hall–Kier alpha value is -5.44. The first kappa shape index (κ1) is 44.7. The lowest BCUT2D eigenvalue weighted by Gasteiger charge is -2.39. The predicted octanol–water partition coefficient (Wildman–Crippen LogP) is 10.6. The van der Waals surface area contributed by atoms with Gasteiger partial charge in [-0.05, 0) is 103 Å². The van der Waals surface area contributed by atoms with E-state index in [2.05, 4.69) is 57.4 Å². The molecule has 4 heterocycles. The van der Waals surface area contributed by atoms with E-state index in [4.69, 9.17) is 21.1 Å². The zero-order chi connectivity index (χ0) is 45.5. The van der Waals surface area contributed by atoms with Crippen molar-refractivity contribution in [2.45, 2.75) is 83.5 Å². The van der Waals surface area contributed by atoms with E-state index in [0.717, 1.165) is 99.3 Å². The maximum atomic E-state index is 14.1. The number of benzene rings is 3. The topological polar surface area (TPSA) is 160 Å². The van der Waals surface area contributed by atoms with Gasteiger partial charge in [-0.3, -0.25) is 19.8 Å². The van der Waals surface area contributed by atoms with Crippen molar-refractivity contribution in [2.24, 2.45) is 23.2 Å². The van der Waals surface area contributed by atoms with Gasteiger partial charge < -0.3 is 19.4 Å². The number of halogens is 1. The lowest BCUT2D eigenvalue weighted by molar-refractivity contribution is -0.386. The monoisotopic (exact) mass is 920 g/mol. The van der Waals surface area contributed by atoms with Crippen LogP contribution >= 0.6 is 11.6 Å². The van der Waals surface area contributed by atoms with Crippen molar-refractivity contribution in [3.8, 4) is 17.2 Å². The third-order valence-corrected chi connectivity index (χ3v) is 15.6. The van der Waals surface area contributed by atoms with Crippen molar-refractivity contribution in [3.05, 3.63) is 117 Å². The van der Waals surface area contributed by atoms with Crippen LogP contribution in [0.4, 0.5) is 11.4 Å². The third kappa shape index (κ3) is 10.2. The number of hydrogen-bond acceptors (Lipinski definition) is 10. The van der Waals surface area contributed by atoms with Crippen LogP contribution in [0.3, 0.4) is 0 Å². The number of hydrogen-bond donors (Lipinski definition) is 2. The number of fused-ring (bicyclic) bond motifs is 2. The summed E-state index contributed by atoms with van der Waals surface area (Å²) in [6.45, 7) is 11.3. The van der Waals surface area contributed by atoms with Gasteiger partial charge >= 0.3 is 0 Å². The van der Waals surface area contributed by atoms with Crippen LogP contribution in [-0.2, 0) is 16.4 Å². The number of nitro benzene ring substituents is 1. The highest BCUT2D eigenvalue weighted by atomic mass is 35.5. The normalized spacial score (nSPS) is 21.4. The molecule has 1 saturated carbocycles. The number of H-pyrrole nitrogens is 1. The SMILES string of the molecule is CC1CCC(C[C@@H]2COc3cc(S(=O)(=O)NC(=O)c4ccc(N5CCN(CC6=C(c7ccc(Cl)cc7)CC(C)(C)CC6)CC5)cc4Oc4cnc5[nH]ccc5c4)cc([N+](=O)[O-])c3C2)CC1. The molecule has 4 aliphatic rings. The molecular weight excluding hydrogens is 864 g/mol.